The largest absolute Gasteiger partial charge is 0.335 e. The quantitative estimate of drug-likeness (QED) is 0.794. The zero-order valence-corrected chi connectivity index (χ0v) is 14.0. The molecule has 1 fully saturated rings. The first kappa shape index (κ1) is 15.5. The van der Waals surface area contributed by atoms with E-state index in [4.69, 9.17) is 0 Å². The molecule has 1 aromatic carbocycles. The van der Waals surface area contributed by atoms with E-state index in [1.54, 1.807) is 17.1 Å². The van der Waals surface area contributed by atoms with Gasteiger partial charge in [0.05, 0.1) is 6.54 Å². The first-order valence-corrected chi connectivity index (χ1v) is 8.22. The van der Waals surface area contributed by atoms with Crippen LogP contribution < -0.4 is 5.32 Å². The van der Waals surface area contributed by atoms with Gasteiger partial charge < -0.3 is 5.32 Å². The molecule has 0 unspecified atom stereocenters. The SMILES string of the molecule is Cn1cc([C@@H]2NC(=O)CN2Cc2ccccc2)c(-c2cccnc2)n1. The minimum absolute atomic E-state index is 0.0296. The Labute approximate surface area is 146 Å². The molecule has 0 radical (unpaired) electrons. The Morgan fingerprint density at radius 1 is 1.20 bits per heavy atom. The summed E-state index contributed by atoms with van der Waals surface area (Å²) >= 11 is 0. The van der Waals surface area contributed by atoms with Crippen LogP contribution in [-0.2, 0) is 18.4 Å². The van der Waals surface area contributed by atoms with Gasteiger partial charge in [0.25, 0.3) is 0 Å². The van der Waals surface area contributed by atoms with Crippen molar-refractivity contribution in [1.29, 1.82) is 0 Å². The first-order chi connectivity index (χ1) is 12.2. The van der Waals surface area contributed by atoms with Gasteiger partial charge in [0.2, 0.25) is 5.91 Å². The Hall–Kier alpha value is -2.99. The van der Waals surface area contributed by atoms with Crippen molar-refractivity contribution in [3.63, 3.8) is 0 Å². The predicted octanol–water partition coefficient (Wildman–Crippen LogP) is 2.11. The van der Waals surface area contributed by atoms with E-state index in [1.165, 1.54) is 5.56 Å². The zero-order valence-electron chi connectivity index (χ0n) is 14.0. The first-order valence-electron chi connectivity index (χ1n) is 8.22. The highest BCUT2D eigenvalue weighted by molar-refractivity contribution is 5.81. The van der Waals surface area contributed by atoms with E-state index in [9.17, 15) is 4.79 Å². The molecule has 1 aliphatic rings. The molecular weight excluding hydrogens is 314 g/mol. The van der Waals surface area contributed by atoms with Gasteiger partial charge in [-0.1, -0.05) is 30.3 Å². The number of carbonyl (C=O) groups is 1. The van der Waals surface area contributed by atoms with E-state index in [-0.39, 0.29) is 12.1 Å². The van der Waals surface area contributed by atoms with Crippen molar-refractivity contribution in [2.75, 3.05) is 6.54 Å². The summed E-state index contributed by atoms with van der Waals surface area (Å²) in [7, 11) is 1.89. The molecule has 126 valence electrons. The molecule has 0 bridgehead atoms. The number of hydrogen-bond donors (Lipinski definition) is 1. The highest BCUT2D eigenvalue weighted by Gasteiger charge is 2.33. The van der Waals surface area contributed by atoms with E-state index >= 15 is 0 Å². The lowest BCUT2D eigenvalue weighted by Crippen LogP contribution is -2.27. The molecule has 6 nitrogen and oxygen atoms in total. The molecule has 25 heavy (non-hydrogen) atoms. The highest BCUT2D eigenvalue weighted by atomic mass is 16.2. The second kappa shape index (κ2) is 6.49. The van der Waals surface area contributed by atoms with Gasteiger partial charge >= 0.3 is 0 Å². The standard InChI is InChI=1S/C19H19N5O/c1-23-12-16(18(22-23)15-8-5-9-20-10-15)19-21-17(25)13-24(19)11-14-6-3-2-4-7-14/h2-10,12,19H,11,13H2,1H3,(H,21,25)/t19-/m1/s1. The van der Waals surface area contributed by atoms with Crippen LogP contribution in [0.15, 0.2) is 61.1 Å². The summed E-state index contributed by atoms with van der Waals surface area (Å²) in [6.45, 7) is 1.08. The fraction of sp³-hybridized carbons (Fsp3) is 0.211. The summed E-state index contributed by atoms with van der Waals surface area (Å²) in [5, 5.41) is 7.67. The minimum Gasteiger partial charge on any atom is -0.335 e. The van der Waals surface area contributed by atoms with Crippen molar-refractivity contribution in [3.05, 3.63) is 72.2 Å². The summed E-state index contributed by atoms with van der Waals surface area (Å²) in [6, 6.07) is 14.0. The molecule has 1 atom stereocenters. The Morgan fingerprint density at radius 3 is 2.80 bits per heavy atom. The van der Waals surface area contributed by atoms with E-state index in [0.717, 1.165) is 16.8 Å². The molecule has 0 saturated carbocycles. The van der Waals surface area contributed by atoms with Gasteiger partial charge in [-0.3, -0.25) is 19.4 Å². The van der Waals surface area contributed by atoms with Crippen molar-refractivity contribution >= 4 is 5.91 Å². The highest BCUT2D eigenvalue weighted by Crippen LogP contribution is 2.31. The number of nitrogens with zero attached hydrogens (tertiary/aromatic N) is 4. The Kier molecular flexibility index (Phi) is 4.03. The molecule has 3 aromatic rings. The Bertz CT molecular complexity index is 875. The third kappa shape index (κ3) is 3.16. The van der Waals surface area contributed by atoms with E-state index < -0.39 is 0 Å². The third-order valence-corrected chi connectivity index (χ3v) is 4.32. The summed E-state index contributed by atoms with van der Waals surface area (Å²) < 4.78 is 1.78. The molecule has 0 aliphatic carbocycles. The molecule has 2 aromatic heterocycles. The third-order valence-electron chi connectivity index (χ3n) is 4.32. The predicted molar refractivity (Wildman–Crippen MR) is 94.2 cm³/mol. The molecule has 4 rings (SSSR count). The molecule has 1 N–H and O–H groups in total. The van der Waals surface area contributed by atoms with Crippen LogP contribution >= 0.6 is 0 Å². The lowest BCUT2D eigenvalue weighted by Gasteiger charge is -2.23. The minimum atomic E-state index is -0.198. The molecule has 1 saturated heterocycles. The number of benzene rings is 1. The normalized spacial score (nSPS) is 17.6. The maximum Gasteiger partial charge on any atom is 0.235 e. The number of hydrogen-bond acceptors (Lipinski definition) is 4. The van der Waals surface area contributed by atoms with Crippen molar-refractivity contribution in [2.24, 2.45) is 7.05 Å². The summed E-state index contributed by atoms with van der Waals surface area (Å²) in [5.41, 5.74) is 3.95. The number of amides is 1. The summed E-state index contributed by atoms with van der Waals surface area (Å²) in [5.74, 6) is 0.0296. The van der Waals surface area contributed by atoms with E-state index in [0.29, 0.717) is 13.1 Å². The number of carbonyl (C=O) groups excluding carboxylic acids is 1. The molecule has 1 aliphatic heterocycles. The maximum atomic E-state index is 12.1. The number of nitrogens with one attached hydrogen (secondary N) is 1. The lowest BCUT2D eigenvalue weighted by atomic mass is 10.1. The number of aromatic nitrogens is 3. The van der Waals surface area contributed by atoms with Crippen LogP contribution in [0.2, 0.25) is 0 Å². The van der Waals surface area contributed by atoms with Crippen LogP contribution in [0.3, 0.4) is 0 Å². The van der Waals surface area contributed by atoms with Gasteiger partial charge in [0.15, 0.2) is 0 Å². The molecular formula is C19H19N5O. The summed E-state index contributed by atoms with van der Waals surface area (Å²) in [6.07, 6.45) is 5.31. The van der Waals surface area contributed by atoms with E-state index in [1.807, 2.05) is 43.6 Å². The topological polar surface area (TPSA) is 63.1 Å². The van der Waals surface area contributed by atoms with Gasteiger partial charge in [-0.2, -0.15) is 5.10 Å². The maximum absolute atomic E-state index is 12.1. The average Bonchev–Trinajstić information content (AvgIpc) is 3.19. The fourth-order valence-corrected chi connectivity index (χ4v) is 3.24. The lowest BCUT2D eigenvalue weighted by molar-refractivity contribution is -0.118. The zero-order chi connectivity index (χ0) is 17.2. The van der Waals surface area contributed by atoms with Crippen LogP contribution in [-0.4, -0.2) is 32.1 Å². The van der Waals surface area contributed by atoms with E-state index in [2.05, 4.69) is 32.4 Å². The van der Waals surface area contributed by atoms with Gasteiger partial charge in [-0.05, 0) is 17.7 Å². The fourth-order valence-electron chi connectivity index (χ4n) is 3.24. The Balaban J connectivity index is 1.69. The van der Waals surface area contributed by atoms with Crippen molar-refractivity contribution in [1.82, 2.24) is 25.0 Å². The molecule has 0 spiro atoms. The number of rotatable bonds is 4. The number of aryl methyl sites for hydroxylation is 1. The average molecular weight is 333 g/mol. The second-order valence-electron chi connectivity index (χ2n) is 6.21. The van der Waals surface area contributed by atoms with Crippen LogP contribution in [0.4, 0.5) is 0 Å². The van der Waals surface area contributed by atoms with Gasteiger partial charge in [0, 0.05) is 43.3 Å². The van der Waals surface area contributed by atoms with Crippen molar-refractivity contribution in [3.8, 4) is 11.3 Å². The Morgan fingerprint density at radius 2 is 2.04 bits per heavy atom. The van der Waals surface area contributed by atoms with Crippen LogP contribution in [0.25, 0.3) is 11.3 Å². The van der Waals surface area contributed by atoms with Gasteiger partial charge in [-0.25, -0.2) is 0 Å². The van der Waals surface area contributed by atoms with Gasteiger partial charge in [0.1, 0.15) is 11.9 Å². The van der Waals surface area contributed by atoms with Crippen molar-refractivity contribution < 1.29 is 4.79 Å². The molecule has 3 heterocycles. The molecule has 6 heteroatoms. The second-order valence-corrected chi connectivity index (χ2v) is 6.21. The van der Waals surface area contributed by atoms with Crippen LogP contribution in [0.5, 0.6) is 0 Å². The van der Waals surface area contributed by atoms with Crippen LogP contribution in [0, 0.1) is 0 Å². The summed E-state index contributed by atoms with van der Waals surface area (Å²) in [4.78, 5) is 18.4. The van der Waals surface area contributed by atoms with Crippen LogP contribution in [0.1, 0.15) is 17.3 Å². The van der Waals surface area contributed by atoms with Gasteiger partial charge in [-0.15, -0.1) is 0 Å². The van der Waals surface area contributed by atoms with Crippen molar-refractivity contribution in [2.45, 2.75) is 12.7 Å². The number of pyridine rings is 1. The smallest absolute Gasteiger partial charge is 0.235 e. The monoisotopic (exact) mass is 333 g/mol. The molecule has 1 amide bonds.